The maximum absolute atomic E-state index is 13.0. The highest BCUT2D eigenvalue weighted by molar-refractivity contribution is 5.35. The molecular weight excluding hydrogens is 257 g/mol. The molecule has 1 aliphatic heterocycles. The summed E-state index contributed by atoms with van der Waals surface area (Å²) in [6, 6.07) is 6.32. The SMILES string of the molecule is N#CC(c1ccccc1C(F)(F)F)N1CCOCC1. The topological polar surface area (TPSA) is 36.3 Å². The van der Waals surface area contributed by atoms with Crippen LogP contribution in [-0.4, -0.2) is 31.2 Å². The highest BCUT2D eigenvalue weighted by atomic mass is 19.4. The van der Waals surface area contributed by atoms with Crippen LogP contribution in [0.1, 0.15) is 17.2 Å². The van der Waals surface area contributed by atoms with Crippen LogP contribution >= 0.6 is 0 Å². The first-order valence-corrected chi connectivity index (χ1v) is 5.91. The van der Waals surface area contributed by atoms with E-state index in [1.807, 2.05) is 6.07 Å². The van der Waals surface area contributed by atoms with E-state index in [9.17, 15) is 18.4 Å². The van der Waals surface area contributed by atoms with Gasteiger partial charge in [0.15, 0.2) is 0 Å². The second kappa shape index (κ2) is 5.59. The van der Waals surface area contributed by atoms with Crippen LogP contribution in [-0.2, 0) is 10.9 Å². The molecule has 0 spiro atoms. The van der Waals surface area contributed by atoms with Gasteiger partial charge in [-0.05, 0) is 11.6 Å². The third-order valence-electron chi connectivity index (χ3n) is 3.09. The highest BCUT2D eigenvalue weighted by Crippen LogP contribution is 2.36. The molecule has 1 aliphatic rings. The quantitative estimate of drug-likeness (QED) is 0.828. The third kappa shape index (κ3) is 3.06. The molecule has 0 aromatic heterocycles. The van der Waals surface area contributed by atoms with Gasteiger partial charge in [-0.3, -0.25) is 4.90 Å². The Kier molecular flexibility index (Phi) is 4.08. The van der Waals surface area contributed by atoms with Gasteiger partial charge in [-0.25, -0.2) is 0 Å². The van der Waals surface area contributed by atoms with Crippen molar-refractivity contribution < 1.29 is 17.9 Å². The van der Waals surface area contributed by atoms with Crippen LogP contribution < -0.4 is 0 Å². The van der Waals surface area contributed by atoms with E-state index in [1.54, 1.807) is 4.90 Å². The van der Waals surface area contributed by atoms with Gasteiger partial charge in [-0.2, -0.15) is 18.4 Å². The van der Waals surface area contributed by atoms with Crippen molar-refractivity contribution in [2.75, 3.05) is 26.3 Å². The average molecular weight is 270 g/mol. The Hall–Kier alpha value is -1.58. The zero-order chi connectivity index (χ0) is 13.9. The molecule has 19 heavy (non-hydrogen) atoms. The summed E-state index contributed by atoms with van der Waals surface area (Å²) in [7, 11) is 0. The number of morpholine rings is 1. The van der Waals surface area contributed by atoms with E-state index in [4.69, 9.17) is 4.74 Å². The standard InChI is InChI=1S/C13H13F3N2O/c14-13(15,16)11-4-2-1-3-10(11)12(9-17)18-5-7-19-8-6-18/h1-4,12H,5-8H2. The van der Waals surface area contributed by atoms with Gasteiger partial charge in [0, 0.05) is 13.1 Å². The van der Waals surface area contributed by atoms with Crippen LogP contribution in [0, 0.1) is 11.3 Å². The molecule has 1 heterocycles. The van der Waals surface area contributed by atoms with Gasteiger partial charge in [0.1, 0.15) is 6.04 Å². The second-order valence-electron chi connectivity index (χ2n) is 4.26. The molecule has 1 fully saturated rings. The molecule has 0 aliphatic carbocycles. The normalized spacial score (nSPS) is 18.8. The molecule has 0 amide bonds. The summed E-state index contributed by atoms with van der Waals surface area (Å²) in [4.78, 5) is 1.72. The number of benzene rings is 1. The fraction of sp³-hybridized carbons (Fsp3) is 0.462. The number of alkyl halides is 3. The van der Waals surface area contributed by atoms with E-state index in [2.05, 4.69) is 0 Å². The molecule has 2 rings (SSSR count). The van der Waals surface area contributed by atoms with E-state index >= 15 is 0 Å². The number of hydrogen-bond acceptors (Lipinski definition) is 3. The minimum Gasteiger partial charge on any atom is -0.379 e. The van der Waals surface area contributed by atoms with Crippen molar-refractivity contribution in [1.29, 1.82) is 5.26 Å². The molecule has 0 saturated carbocycles. The molecule has 102 valence electrons. The summed E-state index contributed by atoms with van der Waals surface area (Å²) in [6.07, 6.45) is -4.45. The van der Waals surface area contributed by atoms with Crippen LogP contribution in [0.5, 0.6) is 0 Å². The molecule has 1 aromatic carbocycles. The van der Waals surface area contributed by atoms with Gasteiger partial charge in [0.2, 0.25) is 0 Å². The second-order valence-corrected chi connectivity index (χ2v) is 4.26. The zero-order valence-electron chi connectivity index (χ0n) is 10.2. The minimum atomic E-state index is -4.45. The Labute approximate surface area is 109 Å². The Balaban J connectivity index is 2.36. The van der Waals surface area contributed by atoms with Crippen molar-refractivity contribution in [3.63, 3.8) is 0 Å². The van der Waals surface area contributed by atoms with Crippen molar-refractivity contribution in [3.8, 4) is 6.07 Å². The number of halogens is 3. The van der Waals surface area contributed by atoms with Crippen molar-refractivity contribution in [2.45, 2.75) is 12.2 Å². The summed E-state index contributed by atoms with van der Waals surface area (Å²) >= 11 is 0. The first-order valence-electron chi connectivity index (χ1n) is 5.91. The fourth-order valence-corrected chi connectivity index (χ4v) is 2.18. The van der Waals surface area contributed by atoms with E-state index in [1.165, 1.54) is 18.2 Å². The lowest BCUT2D eigenvalue weighted by Gasteiger charge is -2.31. The minimum absolute atomic E-state index is 0.0133. The number of rotatable bonds is 2. The van der Waals surface area contributed by atoms with Gasteiger partial charge in [0.05, 0.1) is 24.8 Å². The van der Waals surface area contributed by atoms with Gasteiger partial charge >= 0.3 is 6.18 Å². The van der Waals surface area contributed by atoms with Crippen molar-refractivity contribution >= 4 is 0 Å². The van der Waals surface area contributed by atoms with Gasteiger partial charge in [0.25, 0.3) is 0 Å². The van der Waals surface area contributed by atoms with E-state index < -0.39 is 17.8 Å². The molecule has 0 bridgehead atoms. The predicted octanol–water partition coefficient (Wildman–Crippen LogP) is 2.60. The summed E-state index contributed by atoms with van der Waals surface area (Å²) in [6.45, 7) is 1.80. The lowest BCUT2D eigenvalue weighted by molar-refractivity contribution is -0.138. The lowest BCUT2D eigenvalue weighted by atomic mass is 9.99. The molecule has 1 aromatic rings. The van der Waals surface area contributed by atoms with Crippen molar-refractivity contribution in [3.05, 3.63) is 35.4 Å². The van der Waals surface area contributed by atoms with Gasteiger partial charge in [-0.1, -0.05) is 18.2 Å². The van der Waals surface area contributed by atoms with Gasteiger partial charge < -0.3 is 4.74 Å². The summed E-state index contributed by atoms with van der Waals surface area (Å²) in [5.41, 5.74) is -0.729. The molecule has 0 N–H and O–H groups in total. The number of hydrogen-bond donors (Lipinski definition) is 0. The third-order valence-corrected chi connectivity index (χ3v) is 3.09. The smallest absolute Gasteiger partial charge is 0.379 e. The maximum atomic E-state index is 13.0. The van der Waals surface area contributed by atoms with Crippen LogP contribution in [0.25, 0.3) is 0 Å². The molecule has 1 saturated heterocycles. The fourth-order valence-electron chi connectivity index (χ4n) is 2.18. The van der Waals surface area contributed by atoms with E-state index in [0.29, 0.717) is 26.3 Å². The summed E-state index contributed by atoms with van der Waals surface area (Å²) in [5, 5.41) is 9.22. The molecule has 1 unspecified atom stereocenters. The monoisotopic (exact) mass is 270 g/mol. The largest absolute Gasteiger partial charge is 0.416 e. The maximum Gasteiger partial charge on any atom is 0.416 e. The number of ether oxygens (including phenoxy) is 1. The zero-order valence-corrected chi connectivity index (χ0v) is 10.2. The van der Waals surface area contributed by atoms with Crippen LogP contribution in [0.4, 0.5) is 13.2 Å². The Bertz CT molecular complexity index is 476. The summed E-state index contributed by atoms with van der Waals surface area (Å²) in [5.74, 6) is 0. The first-order chi connectivity index (χ1) is 9.04. The molecule has 6 heteroatoms. The van der Waals surface area contributed by atoms with Crippen LogP contribution in [0.15, 0.2) is 24.3 Å². The van der Waals surface area contributed by atoms with Crippen LogP contribution in [0.3, 0.4) is 0 Å². The number of nitriles is 1. The van der Waals surface area contributed by atoms with Crippen molar-refractivity contribution in [1.82, 2.24) is 4.90 Å². The van der Waals surface area contributed by atoms with E-state index in [-0.39, 0.29) is 5.56 Å². The molecule has 1 atom stereocenters. The van der Waals surface area contributed by atoms with Gasteiger partial charge in [-0.15, -0.1) is 0 Å². The van der Waals surface area contributed by atoms with Crippen LogP contribution in [0.2, 0.25) is 0 Å². The summed E-state index contributed by atoms with van der Waals surface area (Å²) < 4.78 is 44.0. The molecular formula is C13H13F3N2O. The average Bonchev–Trinajstić information content (AvgIpc) is 2.40. The Morgan fingerprint density at radius 3 is 2.42 bits per heavy atom. The molecule has 3 nitrogen and oxygen atoms in total. The Morgan fingerprint density at radius 2 is 1.84 bits per heavy atom. The predicted molar refractivity (Wildman–Crippen MR) is 62.2 cm³/mol. The lowest BCUT2D eigenvalue weighted by Crippen LogP contribution is -2.39. The first kappa shape index (κ1) is 13.8. The number of nitrogens with zero attached hydrogens (tertiary/aromatic N) is 2. The highest BCUT2D eigenvalue weighted by Gasteiger charge is 2.36. The van der Waals surface area contributed by atoms with Crippen molar-refractivity contribution in [2.24, 2.45) is 0 Å². The van der Waals surface area contributed by atoms with E-state index in [0.717, 1.165) is 6.07 Å². The molecule has 0 radical (unpaired) electrons. The Morgan fingerprint density at radius 1 is 1.21 bits per heavy atom.